The number of fused-ring (bicyclic) bond motifs is 1. The highest BCUT2D eigenvalue weighted by Crippen LogP contribution is 2.31. The van der Waals surface area contributed by atoms with Crippen LogP contribution in [0.1, 0.15) is 28.2 Å². The van der Waals surface area contributed by atoms with Crippen LogP contribution in [-0.2, 0) is 24.6 Å². The van der Waals surface area contributed by atoms with Gasteiger partial charge in [0.15, 0.2) is 5.69 Å². The van der Waals surface area contributed by atoms with Gasteiger partial charge in [-0.25, -0.2) is 0 Å². The first kappa shape index (κ1) is 23.5. The fourth-order valence-corrected chi connectivity index (χ4v) is 3.95. The Labute approximate surface area is 192 Å². The summed E-state index contributed by atoms with van der Waals surface area (Å²) in [6, 6.07) is 6.64. The van der Waals surface area contributed by atoms with Crippen molar-refractivity contribution in [3.8, 4) is 5.75 Å². The summed E-state index contributed by atoms with van der Waals surface area (Å²) in [5.41, 5.74) is -0.469. The van der Waals surface area contributed by atoms with Crippen LogP contribution in [-0.4, -0.2) is 62.3 Å². The molecule has 3 aromatic rings. The van der Waals surface area contributed by atoms with E-state index >= 15 is 0 Å². The lowest BCUT2D eigenvalue weighted by molar-refractivity contribution is -0.142. The second-order valence-electron chi connectivity index (χ2n) is 7.81. The smallest absolute Gasteiger partial charge is 0.433 e. The number of ether oxygens (including phenoxy) is 1. The minimum absolute atomic E-state index is 0.119. The number of hydrogen-bond acceptors (Lipinski definition) is 6. The first-order valence-corrected chi connectivity index (χ1v) is 10.5. The summed E-state index contributed by atoms with van der Waals surface area (Å²) in [4.78, 5) is 30.3. The number of pyridine rings is 1. The van der Waals surface area contributed by atoms with Crippen LogP contribution in [0.15, 0.2) is 36.5 Å². The van der Waals surface area contributed by atoms with E-state index in [1.54, 1.807) is 19.2 Å². The number of carbonyl (C=O) groups is 2. The zero-order valence-corrected chi connectivity index (χ0v) is 18.2. The second-order valence-corrected chi connectivity index (χ2v) is 7.81. The lowest BCUT2D eigenvalue weighted by Crippen LogP contribution is -2.42. The minimum atomic E-state index is -4.61. The molecule has 0 radical (unpaired) electrons. The normalized spacial score (nSPS) is 16.3. The number of nitrogens with zero attached hydrogens (tertiary/aromatic N) is 4. The van der Waals surface area contributed by atoms with E-state index in [1.807, 2.05) is 0 Å². The van der Waals surface area contributed by atoms with Crippen LogP contribution >= 0.6 is 0 Å². The van der Waals surface area contributed by atoms with E-state index in [0.717, 1.165) is 6.20 Å². The van der Waals surface area contributed by atoms with E-state index in [2.05, 4.69) is 15.4 Å². The molecule has 1 aromatic carbocycles. The molecule has 1 unspecified atom stereocenters. The maximum Gasteiger partial charge on any atom is 0.433 e. The van der Waals surface area contributed by atoms with Crippen LogP contribution in [0.25, 0.3) is 10.9 Å². The first-order valence-electron chi connectivity index (χ1n) is 10.5. The monoisotopic (exact) mass is 477 g/mol. The van der Waals surface area contributed by atoms with Crippen molar-refractivity contribution in [1.29, 1.82) is 0 Å². The number of rotatable bonds is 7. The van der Waals surface area contributed by atoms with Gasteiger partial charge in [0, 0.05) is 37.3 Å². The number of aryl methyl sites for hydroxylation is 1. The Bertz CT molecular complexity index is 1230. The van der Waals surface area contributed by atoms with Gasteiger partial charge in [0.05, 0.1) is 12.1 Å². The average molecular weight is 477 g/mol. The maximum absolute atomic E-state index is 13.2. The topological polar surface area (TPSA) is 110 Å². The highest BCUT2D eigenvalue weighted by atomic mass is 19.4. The predicted molar refractivity (Wildman–Crippen MR) is 114 cm³/mol. The molecule has 3 heterocycles. The Hall–Kier alpha value is -3.67. The van der Waals surface area contributed by atoms with E-state index in [1.165, 1.54) is 27.8 Å². The van der Waals surface area contributed by atoms with Crippen molar-refractivity contribution in [3.63, 3.8) is 0 Å². The van der Waals surface area contributed by atoms with Gasteiger partial charge in [-0.15, -0.1) is 0 Å². The largest absolute Gasteiger partial charge is 0.489 e. The summed E-state index contributed by atoms with van der Waals surface area (Å²) in [6.45, 7) is 0.106. The van der Waals surface area contributed by atoms with Crippen molar-refractivity contribution in [2.24, 2.45) is 7.05 Å². The number of aliphatic hydroxyl groups excluding tert-OH is 1. The molecule has 2 aromatic heterocycles. The fraction of sp³-hybridized carbons (Fsp3) is 0.364. The number of nitrogens with one attached hydrogen (secondary N) is 1. The van der Waals surface area contributed by atoms with Crippen LogP contribution in [0.4, 0.5) is 13.2 Å². The summed E-state index contributed by atoms with van der Waals surface area (Å²) >= 11 is 0. The Balaban J connectivity index is 1.54. The van der Waals surface area contributed by atoms with E-state index < -0.39 is 23.8 Å². The molecule has 0 saturated carbocycles. The SMILES string of the molecule is Cn1nc2ccc(OCc3cccnc3C(F)(F)F)cc2c1C(=O)NC1CCN(CCO)C1=O. The molecular weight excluding hydrogens is 455 g/mol. The van der Waals surface area contributed by atoms with E-state index in [4.69, 9.17) is 9.84 Å². The average Bonchev–Trinajstić information content (AvgIpc) is 3.30. The third-order valence-electron chi connectivity index (χ3n) is 5.55. The molecule has 180 valence electrons. The molecule has 4 rings (SSSR count). The van der Waals surface area contributed by atoms with Gasteiger partial charge in [0.25, 0.3) is 5.91 Å². The molecule has 12 heteroatoms. The Morgan fingerprint density at radius 1 is 1.32 bits per heavy atom. The number of aromatic nitrogens is 3. The van der Waals surface area contributed by atoms with Gasteiger partial charge < -0.3 is 20.1 Å². The molecule has 0 aliphatic carbocycles. The Morgan fingerprint density at radius 2 is 2.12 bits per heavy atom. The van der Waals surface area contributed by atoms with Crippen molar-refractivity contribution < 1.29 is 32.6 Å². The summed E-state index contributed by atoms with van der Waals surface area (Å²) in [7, 11) is 1.58. The number of hydrogen-bond donors (Lipinski definition) is 2. The number of β-amino-alcohol motifs (C(OH)–C–C–N with tert-alkyl or cyclic N) is 1. The summed E-state index contributed by atoms with van der Waals surface area (Å²) in [5.74, 6) is -0.537. The Kier molecular flexibility index (Phi) is 6.42. The summed E-state index contributed by atoms with van der Waals surface area (Å²) in [5, 5.41) is 16.5. The van der Waals surface area contributed by atoms with Crippen LogP contribution in [0, 0.1) is 0 Å². The number of amides is 2. The predicted octanol–water partition coefficient (Wildman–Crippen LogP) is 1.89. The molecule has 1 aliphatic heterocycles. The Morgan fingerprint density at radius 3 is 2.85 bits per heavy atom. The molecular formula is C22H22F3N5O4. The van der Waals surface area contributed by atoms with Crippen LogP contribution < -0.4 is 10.1 Å². The molecule has 0 spiro atoms. The maximum atomic E-state index is 13.2. The van der Waals surface area contributed by atoms with Gasteiger partial charge in [-0.1, -0.05) is 6.07 Å². The van der Waals surface area contributed by atoms with Gasteiger partial charge in [-0.05, 0) is 30.7 Å². The quantitative estimate of drug-likeness (QED) is 0.538. The number of likely N-dealkylation sites (tertiary alicyclic amines) is 1. The van der Waals surface area contributed by atoms with Crippen molar-refractivity contribution in [3.05, 3.63) is 53.5 Å². The van der Waals surface area contributed by atoms with E-state index in [0.29, 0.717) is 23.9 Å². The van der Waals surface area contributed by atoms with Gasteiger partial charge in [0.1, 0.15) is 24.1 Å². The summed E-state index contributed by atoms with van der Waals surface area (Å²) in [6.07, 6.45) is -3.12. The van der Waals surface area contributed by atoms with Gasteiger partial charge in [-0.3, -0.25) is 19.3 Å². The molecule has 2 amide bonds. The number of benzene rings is 1. The number of halogens is 3. The van der Waals surface area contributed by atoms with Gasteiger partial charge in [-0.2, -0.15) is 18.3 Å². The zero-order valence-electron chi connectivity index (χ0n) is 18.2. The molecule has 2 N–H and O–H groups in total. The third kappa shape index (κ3) is 4.67. The van der Waals surface area contributed by atoms with Crippen LogP contribution in [0.2, 0.25) is 0 Å². The van der Waals surface area contributed by atoms with Crippen LogP contribution in [0.5, 0.6) is 5.75 Å². The van der Waals surface area contributed by atoms with E-state index in [-0.39, 0.29) is 42.7 Å². The fourth-order valence-electron chi connectivity index (χ4n) is 3.95. The van der Waals surface area contributed by atoms with Crippen molar-refractivity contribution in [2.45, 2.75) is 25.2 Å². The van der Waals surface area contributed by atoms with E-state index in [9.17, 15) is 22.8 Å². The molecule has 0 bridgehead atoms. The molecule has 9 nitrogen and oxygen atoms in total. The lowest BCUT2D eigenvalue weighted by Gasteiger charge is -2.15. The zero-order chi connectivity index (χ0) is 24.5. The highest BCUT2D eigenvalue weighted by Gasteiger charge is 2.35. The van der Waals surface area contributed by atoms with Crippen molar-refractivity contribution in [1.82, 2.24) is 25.0 Å². The third-order valence-corrected chi connectivity index (χ3v) is 5.55. The number of carbonyl (C=O) groups excluding carboxylic acids is 2. The standard InChI is InChI=1S/C22H22F3N5O4/c1-29-18(20(32)27-17-6-8-30(9-10-31)21(17)33)15-11-14(4-5-16(15)28-29)34-12-13-3-2-7-26-19(13)22(23,24)25/h2-5,7,11,17,31H,6,8-10,12H2,1H3,(H,27,32). The van der Waals surface area contributed by atoms with Crippen molar-refractivity contribution in [2.75, 3.05) is 19.7 Å². The summed E-state index contributed by atoms with van der Waals surface area (Å²) < 4.78 is 46.5. The molecule has 34 heavy (non-hydrogen) atoms. The highest BCUT2D eigenvalue weighted by molar-refractivity contribution is 6.06. The molecule has 1 saturated heterocycles. The van der Waals surface area contributed by atoms with Gasteiger partial charge >= 0.3 is 6.18 Å². The molecule has 1 fully saturated rings. The lowest BCUT2D eigenvalue weighted by atomic mass is 10.1. The molecule has 1 aliphatic rings. The number of aliphatic hydroxyl groups is 1. The van der Waals surface area contributed by atoms with Crippen molar-refractivity contribution >= 4 is 22.7 Å². The second kappa shape index (κ2) is 9.29. The molecule has 1 atom stereocenters. The minimum Gasteiger partial charge on any atom is -0.489 e. The van der Waals surface area contributed by atoms with Gasteiger partial charge in [0.2, 0.25) is 5.91 Å². The number of alkyl halides is 3. The first-order chi connectivity index (χ1) is 16.2. The van der Waals surface area contributed by atoms with Crippen LogP contribution in [0.3, 0.4) is 0 Å².